The van der Waals surface area contributed by atoms with E-state index in [2.05, 4.69) is 22.0 Å². The summed E-state index contributed by atoms with van der Waals surface area (Å²) in [7, 11) is 0. The number of rotatable bonds is 3. The van der Waals surface area contributed by atoms with Crippen molar-refractivity contribution >= 4 is 38.9 Å². The van der Waals surface area contributed by atoms with Gasteiger partial charge in [-0.1, -0.05) is 17.7 Å². The van der Waals surface area contributed by atoms with Gasteiger partial charge in [0.25, 0.3) is 0 Å². The predicted molar refractivity (Wildman–Crippen MR) is 72.5 cm³/mol. The molecule has 0 bridgehead atoms. The van der Waals surface area contributed by atoms with Crippen LogP contribution in [0.25, 0.3) is 0 Å². The van der Waals surface area contributed by atoms with Gasteiger partial charge in [-0.15, -0.1) is 11.3 Å². The van der Waals surface area contributed by atoms with Gasteiger partial charge in [0.15, 0.2) is 0 Å². The lowest BCUT2D eigenvalue weighted by atomic mass is 10.2. The van der Waals surface area contributed by atoms with Crippen LogP contribution in [0.4, 0.5) is 0 Å². The maximum absolute atomic E-state index is 5.92. The molecule has 0 unspecified atom stereocenters. The summed E-state index contributed by atoms with van der Waals surface area (Å²) >= 11 is 11.0. The van der Waals surface area contributed by atoms with Gasteiger partial charge in [-0.3, -0.25) is 0 Å². The fraction of sp³-hybridized carbons (Fsp3) is 0.167. The molecule has 4 heteroatoms. The van der Waals surface area contributed by atoms with Crippen LogP contribution in [0, 0.1) is 6.92 Å². The number of benzene rings is 1. The average molecular weight is 318 g/mol. The summed E-state index contributed by atoms with van der Waals surface area (Å²) in [5.41, 5.74) is 1.10. The zero-order valence-electron chi connectivity index (χ0n) is 8.67. The molecule has 0 radical (unpaired) electrons. The Kier molecular flexibility index (Phi) is 3.90. The topological polar surface area (TPSA) is 9.23 Å². The minimum absolute atomic E-state index is 0.581. The van der Waals surface area contributed by atoms with Gasteiger partial charge in [0.2, 0.25) is 0 Å². The SMILES string of the molecule is Cc1ccc(Cl)cc1OCc1ccc(Br)s1. The number of ether oxygens (including phenoxy) is 1. The van der Waals surface area contributed by atoms with Gasteiger partial charge in [0.05, 0.1) is 3.79 Å². The normalized spacial score (nSPS) is 10.4. The molecule has 1 heterocycles. The van der Waals surface area contributed by atoms with Crippen LogP contribution in [0.5, 0.6) is 5.75 Å². The van der Waals surface area contributed by atoms with Gasteiger partial charge < -0.3 is 4.74 Å². The lowest BCUT2D eigenvalue weighted by Gasteiger charge is -2.08. The first-order chi connectivity index (χ1) is 7.65. The Balaban J connectivity index is 2.07. The third-order valence-electron chi connectivity index (χ3n) is 2.15. The molecule has 0 aliphatic rings. The first-order valence-corrected chi connectivity index (χ1v) is 6.77. The fourth-order valence-corrected chi connectivity index (χ4v) is 2.87. The largest absolute Gasteiger partial charge is 0.488 e. The lowest BCUT2D eigenvalue weighted by molar-refractivity contribution is 0.307. The summed E-state index contributed by atoms with van der Waals surface area (Å²) < 4.78 is 6.84. The first-order valence-electron chi connectivity index (χ1n) is 4.78. The van der Waals surface area contributed by atoms with Gasteiger partial charge in [-0.2, -0.15) is 0 Å². The molecule has 0 fully saturated rings. The number of hydrogen-bond donors (Lipinski definition) is 0. The highest BCUT2D eigenvalue weighted by molar-refractivity contribution is 9.11. The highest BCUT2D eigenvalue weighted by atomic mass is 79.9. The van der Waals surface area contributed by atoms with Crippen molar-refractivity contribution in [1.82, 2.24) is 0 Å². The molecule has 1 nitrogen and oxygen atoms in total. The average Bonchev–Trinajstić information content (AvgIpc) is 2.66. The number of hydrogen-bond acceptors (Lipinski definition) is 2. The molecule has 16 heavy (non-hydrogen) atoms. The second kappa shape index (κ2) is 5.21. The Morgan fingerprint density at radius 1 is 1.31 bits per heavy atom. The Morgan fingerprint density at radius 2 is 2.12 bits per heavy atom. The summed E-state index contributed by atoms with van der Waals surface area (Å²) in [6.45, 7) is 2.59. The van der Waals surface area contributed by atoms with E-state index < -0.39 is 0 Å². The zero-order valence-corrected chi connectivity index (χ0v) is 11.8. The van der Waals surface area contributed by atoms with Crippen LogP contribution in [-0.2, 0) is 6.61 Å². The molecule has 2 rings (SSSR count). The van der Waals surface area contributed by atoms with E-state index in [4.69, 9.17) is 16.3 Å². The van der Waals surface area contributed by atoms with Gasteiger partial charge >= 0.3 is 0 Å². The maximum Gasteiger partial charge on any atom is 0.124 e. The van der Waals surface area contributed by atoms with E-state index in [1.54, 1.807) is 11.3 Å². The van der Waals surface area contributed by atoms with Crippen molar-refractivity contribution in [3.8, 4) is 5.75 Å². The highest BCUT2D eigenvalue weighted by Gasteiger charge is 2.03. The molecule has 0 N–H and O–H groups in total. The van der Waals surface area contributed by atoms with Crippen LogP contribution in [0.3, 0.4) is 0 Å². The summed E-state index contributed by atoms with van der Waals surface area (Å²) in [4.78, 5) is 1.19. The lowest BCUT2D eigenvalue weighted by Crippen LogP contribution is -1.94. The molecular formula is C12H10BrClOS. The van der Waals surface area contributed by atoms with Crippen molar-refractivity contribution in [1.29, 1.82) is 0 Å². The molecule has 0 saturated heterocycles. The molecule has 0 amide bonds. The highest BCUT2D eigenvalue weighted by Crippen LogP contribution is 2.26. The Morgan fingerprint density at radius 3 is 2.81 bits per heavy atom. The van der Waals surface area contributed by atoms with Gasteiger partial charge in [-0.25, -0.2) is 0 Å². The molecule has 84 valence electrons. The van der Waals surface area contributed by atoms with Crippen LogP contribution in [0.15, 0.2) is 34.1 Å². The summed E-state index contributed by atoms with van der Waals surface area (Å²) in [6, 6.07) is 9.75. The molecule has 1 aromatic carbocycles. The van der Waals surface area contributed by atoms with Crippen LogP contribution in [0.2, 0.25) is 5.02 Å². The zero-order chi connectivity index (χ0) is 11.5. The smallest absolute Gasteiger partial charge is 0.124 e. The minimum atomic E-state index is 0.581. The maximum atomic E-state index is 5.92. The molecule has 0 saturated carbocycles. The van der Waals surface area contributed by atoms with E-state index in [0.29, 0.717) is 11.6 Å². The summed E-state index contributed by atoms with van der Waals surface area (Å²) in [5, 5.41) is 0.702. The van der Waals surface area contributed by atoms with Crippen molar-refractivity contribution < 1.29 is 4.74 Å². The van der Waals surface area contributed by atoms with E-state index in [1.807, 2.05) is 31.2 Å². The second-order valence-electron chi connectivity index (χ2n) is 3.40. The third-order valence-corrected chi connectivity index (χ3v) is 3.98. The van der Waals surface area contributed by atoms with Crippen LogP contribution >= 0.6 is 38.9 Å². The van der Waals surface area contributed by atoms with Gasteiger partial charge in [-0.05, 0) is 52.7 Å². The van der Waals surface area contributed by atoms with Crippen LogP contribution in [-0.4, -0.2) is 0 Å². The predicted octanol–water partition coefficient (Wildman–Crippen LogP) is 5.05. The summed E-state index contributed by atoms with van der Waals surface area (Å²) in [6.07, 6.45) is 0. The molecular weight excluding hydrogens is 308 g/mol. The van der Waals surface area contributed by atoms with E-state index in [1.165, 1.54) is 4.88 Å². The fourth-order valence-electron chi connectivity index (χ4n) is 1.31. The molecule has 1 aromatic heterocycles. The van der Waals surface area contributed by atoms with Crippen molar-refractivity contribution in [2.45, 2.75) is 13.5 Å². The monoisotopic (exact) mass is 316 g/mol. The van der Waals surface area contributed by atoms with E-state index in [0.717, 1.165) is 15.1 Å². The third kappa shape index (κ3) is 3.00. The standard InChI is InChI=1S/C12H10BrClOS/c1-8-2-3-9(14)6-11(8)15-7-10-4-5-12(13)16-10/h2-6H,7H2,1H3. The molecule has 0 aliphatic carbocycles. The molecule has 0 spiro atoms. The Hall–Kier alpha value is -0.510. The van der Waals surface area contributed by atoms with Crippen molar-refractivity contribution in [2.75, 3.05) is 0 Å². The van der Waals surface area contributed by atoms with Crippen molar-refractivity contribution in [3.63, 3.8) is 0 Å². The number of thiophene rings is 1. The van der Waals surface area contributed by atoms with Crippen molar-refractivity contribution in [3.05, 3.63) is 49.6 Å². The Bertz CT molecular complexity index is 496. The summed E-state index contributed by atoms with van der Waals surface area (Å²) in [5.74, 6) is 0.844. The molecule has 0 atom stereocenters. The Labute approximate surface area is 112 Å². The van der Waals surface area contributed by atoms with Crippen LogP contribution in [0.1, 0.15) is 10.4 Å². The molecule has 2 aromatic rings. The second-order valence-corrected chi connectivity index (χ2v) is 6.39. The first kappa shape index (κ1) is 12.0. The number of aryl methyl sites for hydroxylation is 1. The molecule has 0 aliphatic heterocycles. The van der Waals surface area contributed by atoms with Crippen LogP contribution < -0.4 is 4.74 Å². The van der Waals surface area contributed by atoms with E-state index in [-0.39, 0.29) is 0 Å². The van der Waals surface area contributed by atoms with E-state index >= 15 is 0 Å². The van der Waals surface area contributed by atoms with Crippen molar-refractivity contribution in [2.24, 2.45) is 0 Å². The van der Waals surface area contributed by atoms with Gasteiger partial charge in [0, 0.05) is 9.90 Å². The number of halogens is 2. The minimum Gasteiger partial charge on any atom is -0.488 e. The quantitative estimate of drug-likeness (QED) is 0.769. The van der Waals surface area contributed by atoms with E-state index in [9.17, 15) is 0 Å². The van der Waals surface area contributed by atoms with Gasteiger partial charge in [0.1, 0.15) is 12.4 Å².